The van der Waals surface area contributed by atoms with Crippen LogP contribution >= 0.6 is 0 Å². The first kappa shape index (κ1) is 13.5. The second kappa shape index (κ2) is 5.17. The minimum absolute atomic E-state index is 0.158. The summed E-state index contributed by atoms with van der Waals surface area (Å²) in [6.07, 6.45) is 5.10. The average molecular weight is 226 g/mol. The molecule has 3 nitrogen and oxygen atoms in total. The minimum atomic E-state index is -0.445. The van der Waals surface area contributed by atoms with Gasteiger partial charge < -0.3 is 10.2 Å². The largest absolute Gasteiger partial charge is 0.347 e. The van der Waals surface area contributed by atoms with Gasteiger partial charge >= 0.3 is 0 Å². The molecule has 2 unspecified atom stereocenters. The number of hydrogen-bond donors (Lipinski definition) is 1. The molecule has 0 aromatic rings. The summed E-state index contributed by atoms with van der Waals surface area (Å²) in [5.74, 6) is 0.841. The fourth-order valence-corrected chi connectivity index (χ4v) is 2.61. The second-order valence-corrected chi connectivity index (χ2v) is 5.84. The summed E-state index contributed by atoms with van der Waals surface area (Å²) in [6.45, 7) is 6.25. The van der Waals surface area contributed by atoms with Crippen molar-refractivity contribution in [3.8, 4) is 0 Å². The van der Waals surface area contributed by atoms with Crippen molar-refractivity contribution in [1.29, 1.82) is 0 Å². The van der Waals surface area contributed by atoms with Gasteiger partial charge in [0.15, 0.2) is 0 Å². The number of rotatable bonds is 3. The summed E-state index contributed by atoms with van der Waals surface area (Å²) >= 11 is 0. The predicted molar refractivity (Wildman–Crippen MR) is 67.3 cm³/mol. The highest BCUT2D eigenvalue weighted by molar-refractivity contribution is 5.85. The van der Waals surface area contributed by atoms with E-state index in [-0.39, 0.29) is 5.91 Å². The van der Waals surface area contributed by atoms with E-state index in [4.69, 9.17) is 0 Å². The Morgan fingerprint density at radius 3 is 2.31 bits per heavy atom. The molecule has 0 heterocycles. The number of hydrogen-bond acceptors (Lipinski definition) is 2. The van der Waals surface area contributed by atoms with E-state index >= 15 is 0 Å². The van der Waals surface area contributed by atoms with Crippen molar-refractivity contribution >= 4 is 5.91 Å². The summed E-state index contributed by atoms with van der Waals surface area (Å²) in [6, 6.07) is 0.493. The van der Waals surface area contributed by atoms with E-state index in [1.807, 2.05) is 27.9 Å². The highest BCUT2D eigenvalue weighted by Gasteiger charge is 2.33. The molecule has 1 amide bonds. The maximum Gasteiger partial charge on any atom is 0.241 e. The number of nitrogens with one attached hydrogen (secondary N) is 1. The fourth-order valence-electron chi connectivity index (χ4n) is 2.61. The molecule has 0 bridgehead atoms. The van der Waals surface area contributed by atoms with Crippen molar-refractivity contribution in [1.82, 2.24) is 10.2 Å². The van der Waals surface area contributed by atoms with Gasteiger partial charge in [-0.2, -0.15) is 0 Å². The topological polar surface area (TPSA) is 32.3 Å². The SMILES string of the molecule is CC1CCCCC1NC(C)(C)C(=O)N(C)C. The van der Waals surface area contributed by atoms with Crippen LogP contribution < -0.4 is 5.32 Å². The first-order chi connectivity index (χ1) is 7.34. The van der Waals surface area contributed by atoms with Crippen LogP contribution in [0.3, 0.4) is 0 Å². The highest BCUT2D eigenvalue weighted by Crippen LogP contribution is 2.25. The maximum absolute atomic E-state index is 12.0. The van der Waals surface area contributed by atoms with Crippen molar-refractivity contribution in [3.63, 3.8) is 0 Å². The van der Waals surface area contributed by atoms with Crippen molar-refractivity contribution in [3.05, 3.63) is 0 Å². The van der Waals surface area contributed by atoms with Gasteiger partial charge in [-0.15, -0.1) is 0 Å². The molecule has 0 spiro atoms. The van der Waals surface area contributed by atoms with E-state index in [1.54, 1.807) is 4.90 Å². The molecule has 0 aromatic heterocycles. The zero-order valence-corrected chi connectivity index (χ0v) is 11.3. The molecule has 1 N–H and O–H groups in total. The molecular formula is C13H26N2O. The molecule has 16 heavy (non-hydrogen) atoms. The van der Waals surface area contributed by atoms with Gasteiger partial charge in [-0.1, -0.05) is 19.8 Å². The summed E-state index contributed by atoms with van der Waals surface area (Å²) in [5.41, 5.74) is -0.445. The highest BCUT2D eigenvalue weighted by atomic mass is 16.2. The molecule has 94 valence electrons. The first-order valence-corrected chi connectivity index (χ1v) is 6.34. The van der Waals surface area contributed by atoms with E-state index in [9.17, 15) is 4.79 Å². The van der Waals surface area contributed by atoms with Crippen LogP contribution in [0.4, 0.5) is 0 Å². The van der Waals surface area contributed by atoms with Gasteiger partial charge in [-0.05, 0) is 32.6 Å². The van der Waals surface area contributed by atoms with Crippen LogP contribution in [0.25, 0.3) is 0 Å². The van der Waals surface area contributed by atoms with Crippen LogP contribution in [-0.2, 0) is 4.79 Å². The van der Waals surface area contributed by atoms with Crippen LogP contribution in [0.5, 0.6) is 0 Å². The predicted octanol–water partition coefficient (Wildman–Crippen LogP) is 2.02. The van der Waals surface area contributed by atoms with Crippen molar-refractivity contribution in [2.75, 3.05) is 14.1 Å². The minimum Gasteiger partial charge on any atom is -0.347 e. The molecule has 1 aliphatic carbocycles. The second-order valence-electron chi connectivity index (χ2n) is 5.84. The first-order valence-electron chi connectivity index (χ1n) is 6.34. The number of likely N-dealkylation sites (N-methyl/N-ethyl adjacent to an activating group) is 1. The number of carbonyl (C=O) groups is 1. The normalized spacial score (nSPS) is 26.6. The Kier molecular flexibility index (Phi) is 4.36. The molecule has 0 saturated heterocycles. The number of carbonyl (C=O) groups excluding carboxylic acids is 1. The molecule has 0 radical (unpaired) electrons. The summed E-state index contributed by atoms with van der Waals surface area (Å²) in [5, 5.41) is 3.53. The van der Waals surface area contributed by atoms with E-state index in [1.165, 1.54) is 25.7 Å². The lowest BCUT2D eigenvalue weighted by Gasteiger charge is -2.37. The van der Waals surface area contributed by atoms with Crippen molar-refractivity contribution < 1.29 is 4.79 Å². The third-order valence-corrected chi connectivity index (χ3v) is 3.60. The van der Waals surface area contributed by atoms with Crippen LogP contribution in [0, 0.1) is 5.92 Å². The van der Waals surface area contributed by atoms with E-state index in [0.717, 1.165) is 0 Å². The molecule has 3 heteroatoms. The van der Waals surface area contributed by atoms with Gasteiger partial charge in [0.1, 0.15) is 0 Å². The molecule has 2 atom stereocenters. The molecule has 0 aromatic carbocycles. The van der Waals surface area contributed by atoms with Crippen molar-refractivity contribution in [2.45, 2.75) is 58.0 Å². The van der Waals surface area contributed by atoms with Crippen LogP contribution in [0.15, 0.2) is 0 Å². The number of nitrogens with zero attached hydrogens (tertiary/aromatic N) is 1. The molecular weight excluding hydrogens is 200 g/mol. The Morgan fingerprint density at radius 2 is 1.81 bits per heavy atom. The lowest BCUT2D eigenvalue weighted by molar-refractivity contribution is -0.135. The zero-order chi connectivity index (χ0) is 12.3. The van der Waals surface area contributed by atoms with Gasteiger partial charge in [0.2, 0.25) is 5.91 Å². The molecule has 1 fully saturated rings. The van der Waals surface area contributed by atoms with E-state index in [0.29, 0.717) is 12.0 Å². The van der Waals surface area contributed by atoms with Gasteiger partial charge in [0.05, 0.1) is 5.54 Å². The molecule has 1 rings (SSSR count). The lowest BCUT2D eigenvalue weighted by Crippen LogP contribution is -2.57. The van der Waals surface area contributed by atoms with Gasteiger partial charge in [-0.3, -0.25) is 4.79 Å². The quantitative estimate of drug-likeness (QED) is 0.798. The molecule has 1 aliphatic rings. The zero-order valence-electron chi connectivity index (χ0n) is 11.3. The Balaban J connectivity index is 2.60. The Hall–Kier alpha value is -0.570. The van der Waals surface area contributed by atoms with Crippen LogP contribution in [0.2, 0.25) is 0 Å². The number of amides is 1. The molecule has 1 saturated carbocycles. The van der Waals surface area contributed by atoms with Gasteiger partial charge in [-0.25, -0.2) is 0 Å². The Labute approximate surface area is 99.6 Å². The summed E-state index contributed by atoms with van der Waals surface area (Å²) in [7, 11) is 3.63. The summed E-state index contributed by atoms with van der Waals surface area (Å²) < 4.78 is 0. The van der Waals surface area contributed by atoms with Gasteiger partial charge in [0, 0.05) is 20.1 Å². The third-order valence-electron chi connectivity index (χ3n) is 3.60. The lowest BCUT2D eigenvalue weighted by atomic mass is 9.84. The van der Waals surface area contributed by atoms with Crippen LogP contribution in [-0.4, -0.2) is 36.5 Å². The fraction of sp³-hybridized carbons (Fsp3) is 0.923. The van der Waals surface area contributed by atoms with E-state index < -0.39 is 5.54 Å². The maximum atomic E-state index is 12.0. The third kappa shape index (κ3) is 3.21. The van der Waals surface area contributed by atoms with E-state index in [2.05, 4.69) is 12.2 Å². The van der Waals surface area contributed by atoms with Crippen molar-refractivity contribution in [2.24, 2.45) is 5.92 Å². The smallest absolute Gasteiger partial charge is 0.241 e. The standard InChI is InChI=1S/C13H26N2O/c1-10-8-6-7-9-11(10)14-13(2,3)12(16)15(4)5/h10-11,14H,6-9H2,1-5H3. The summed E-state index contributed by atoms with van der Waals surface area (Å²) in [4.78, 5) is 13.7. The molecule has 0 aliphatic heterocycles. The monoisotopic (exact) mass is 226 g/mol. The van der Waals surface area contributed by atoms with Crippen LogP contribution in [0.1, 0.15) is 46.5 Å². The Bertz CT molecular complexity index is 248. The Morgan fingerprint density at radius 1 is 1.25 bits per heavy atom. The average Bonchev–Trinajstić information content (AvgIpc) is 2.20. The van der Waals surface area contributed by atoms with Gasteiger partial charge in [0.25, 0.3) is 0 Å².